The van der Waals surface area contributed by atoms with E-state index in [1.165, 1.54) is 6.21 Å². The molecule has 0 aliphatic carbocycles. The number of nitrogens with zero attached hydrogens (tertiary/aromatic N) is 2. The van der Waals surface area contributed by atoms with Crippen molar-refractivity contribution in [2.24, 2.45) is 5.16 Å². The third kappa shape index (κ3) is 1.69. The van der Waals surface area contributed by atoms with Gasteiger partial charge in [-0.05, 0) is 31.2 Å². The molecule has 18 heavy (non-hydrogen) atoms. The lowest BCUT2D eigenvalue weighted by Gasteiger charge is -2.12. The maximum absolute atomic E-state index is 8.71. The molecule has 0 atom stereocenters. The minimum absolute atomic E-state index is 0.602. The molecule has 2 heterocycles. The van der Waals surface area contributed by atoms with Gasteiger partial charge in [-0.2, -0.15) is 0 Å². The summed E-state index contributed by atoms with van der Waals surface area (Å²) in [4.78, 5) is 2.20. The first kappa shape index (κ1) is 11.6. The second-order valence-electron chi connectivity index (χ2n) is 4.58. The van der Waals surface area contributed by atoms with E-state index in [1.54, 1.807) is 0 Å². The van der Waals surface area contributed by atoms with Crippen LogP contribution in [0.2, 0.25) is 5.02 Å². The number of furan rings is 1. The lowest BCUT2D eigenvalue weighted by molar-refractivity contribution is 0.319. The van der Waals surface area contributed by atoms with E-state index in [2.05, 4.69) is 17.1 Å². The fourth-order valence-electron chi connectivity index (χ4n) is 2.53. The molecule has 94 valence electrons. The molecule has 5 heteroatoms. The number of halogens is 1. The first-order valence-corrected chi connectivity index (χ1v) is 6.17. The van der Waals surface area contributed by atoms with Gasteiger partial charge < -0.3 is 14.5 Å². The van der Waals surface area contributed by atoms with Crippen LogP contribution < -0.4 is 0 Å². The standard InChI is InChI=1S/C13H13ClN2O2/c1-16-5-4-8-10(14)2-3-11-13(8)9(7-16)12(18-11)6-15-17/h2-3,6,17H,4-5,7H2,1H3/b15-6+. The van der Waals surface area contributed by atoms with Gasteiger partial charge in [-0.1, -0.05) is 16.8 Å². The predicted octanol–water partition coefficient (Wildman–Crippen LogP) is 2.88. The van der Waals surface area contributed by atoms with Crippen LogP contribution in [0.1, 0.15) is 16.9 Å². The maximum Gasteiger partial charge on any atom is 0.154 e. The van der Waals surface area contributed by atoms with Crippen molar-refractivity contribution < 1.29 is 9.62 Å². The Labute approximate surface area is 109 Å². The van der Waals surface area contributed by atoms with E-state index >= 15 is 0 Å². The summed E-state index contributed by atoms with van der Waals surface area (Å²) < 4.78 is 5.72. The fraction of sp³-hybridized carbons (Fsp3) is 0.308. The Morgan fingerprint density at radius 3 is 3.06 bits per heavy atom. The van der Waals surface area contributed by atoms with Crippen LogP contribution in [0.4, 0.5) is 0 Å². The molecule has 0 spiro atoms. The highest BCUT2D eigenvalue weighted by molar-refractivity contribution is 6.32. The first-order chi connectivity index (χ1) is 8.70. The third-order valence-corrected chi connectivity index (χ3v) is 3.74. The Balaban J connectivity index is 2.35. The molecular formula is C13H13ClN2O2. The molecule has 0 unspecified atom stereocenters. The van der Waals surface area contributed by atoms with Crippen molar-refractivity contribution in [3.8, 4) is 0 Å². The number of likely N-dealkylation sites (N-methyl/N-ethyl adjacent to an activating group) is 1. The van der Waals surface area contributed by atoms with Gasteiger partial charge in [-0.25, -0.2) is 0 Å². The van der Waals surface area contributed by atoms with Gasteiger partial charge in [0.1, 0.15) is 11.8 Å². The van der Waals surface area contributed by atoms with Gasteiger partial charge in [-0.15, -0.1) is 0 Å². The van der Waals surface area contributed by atoms with E-state index in [4.69, 9.17) is 21.2 Å². The van der Waals surface area contributed by atoms with Crippen LogP contribution in [-0.4, -0.2) is 29.9 Å². The van der Waals surface area contributed by atoms with Gasteiger partial charge in [0.2, 0.25) is 0 Å². The molecule has 0 fully saturated rings. The van der Waals surface area contributed by atoms with Crippen LogP contribution >= 0.6 is 11.6 Å². The molecule has 1 aromatic heterocycles. The van der Waals surface area contributed by atoms with Gasteiger partial charge >= 0.3 is 0 Å². The van der Waals surface area contributed by atoms with E-state index in [-0.39, 0.29) is 0 Å². The number of benzene rings is 1. The number of oxime groups is 1. The highest BCUT2D eigenvalue weighted by Gasteiger charge is 2.22. The molecule has 1 aliphatic heterocycles. The second kappa shape index (κ2) is 4.30. The lowest BCUT2D eigenvalue weighted by Crippen LogP contribution is -2.19. The molecule has 0 saturated heterocycles. The molecule has 0 amide bonds. The molecule has 2 aromatic rings. The van der Waals surface area contributed by atoms with E-state index in [0.29, 0.717) is 5.76 Å². The van der Waals surface area contributed by atoms with Gasteiger partial charge in [-0.3, -0.25) is 0 Å². The molecule has 1 N–H and O–H groups in total. The fourth-order valence-corrected chi connectivity index (χ4v) is 2.78. The lowest BCUT2D eigenvalue weighted by atomic mass is 10.0. The third-order valence-electron chi connectivity index (χ3n) is 3.38. The monoisotopic (exact) mass is 264 g/mol. The average molecular weight is 265 g/mol. The summed E-state index contributed by atoms with van der Waals surface area (Å²) in [7, 11) is 2.05. The Kier molecular flexibility index (Phi) is 2.76. The molecule has 4 nitrogen and oxygen atoms in total. The molecule has 0 saturated carbocycles. The Bertz CT molecular complexity index is 633. The molecule has 3 rings (SSSR count). The van der Waals surface area contributed by atoms with Crippen molar-refractivity contribution in [2.45, 2.75) is 13.0 Å². The molecule has 0 radical (unpaired) electrons. The summed E-state index contributed by atoms with van der Waals surface area (Å²) in [6.07, 6.45) is 2.24. The number of rotatable bonds is 1. The number of hydrogen-bond donors (Lipinski definition) is 1. The average Bonchev–Trinajstić information content (AvgIpc) is 2.56. The van der Waals surface area contributed by atoms with Crippen molar-refractivity contribution in [2.75, 3.05) is 13.6 Å². The first-order valence-electron chi connectivity index (χ1n) is 5.79. The summed E-state index contributed by atoms with van der Waals surface area (Å²) in [5.41, 5.74) is 2.96. The molecule has 0 bridgehead atoms. The quantitative estimate of drug-likeness (QED) is 0.489. The Morgan fingerprint density at radius 1 is 1.44 bits per heavy atom. The predicted molar refractivity (Wildman–Crippen MR) is 70.6 cm³/mol. The van der Waals surface area contributed by atoms with Crippen LogP contribution in [0.25, 0.3) is 11.0 Å². The van der Waals surface area contributed by atoms with Crippen molar-refractivity contribution in [1.29, 1.82) is 0 Å². The minimum Gasteiger partial charge on any atom is -0.455 e. The topological polar surface area (TPSA) is 49.0 Å². The zero-order chi connectivity index (χ0) is 12.7. The van der Waals surface area contributed by atoms with Gasteiger partial charge in [0.05, 0.1) is 0 Å². The number of hydrogen-bond acceptors (Lipinski definition) is 4. The van der Waals surface area contributed by atoms with Crippen LogP contribution in [0.15, 0.2) is 21.7 Å². The van der Waals surface area contributed by atoms with Crippen LogP contribution in [0.3, 0.4) is 0 Å². The highest BCUT2D eigenvalue weighted by atomic mass is 35.5. The summed E-state index contributed by atoms with van der Waals surface area (Å²) in [6.45, 7) is 1.71. The van der Waals surface area contributed by atoms with Crippen molar-refractivity contribution in [3.05, 3.63) is 34.0 Å². The smallest absolute Gasteiger partial charge is 0.154 e. The van der Waals surface area contributed by atoms with Crippen LogP contribution in [0, 0.1) is 0 Å². The largest absolute Gasteiger partial charge is 0.455 e. The van der Waals surface area contributed by atoms with Gasteiger partial charge in [0.25, 0.3) is 0 Å². The SMILES string of the molecule is CN1CCc2c(Cl)ccc3oc(/C=N/O)c(c23)C1. The normalized spacial score (nSPS) is 16.6. The van der Waals surface area contributed by atoms with Crippen molar-refractivity contribution >= 4 is 28.8 Å². The van der Waals surface area contributed by atoms with Crippen molar-refractivity contribution in [3.63, 3.8) is 0 Å². The van der Waals surface area contributed by atoms with E-state index in [9.17, 15) is 0 Å². The summed E-state index contributed by atoms with van der Waals surface area (Å²) in [5.74, 6) is 0.602. The Morgan fingerprint density at radius 2 is 2.28 bits per heavy atom. The van der Waals surface area contributed by atoms with Gasteiger partial charge in [0.15, 0.2) is 5.76 Å². The van der Waals surface area contributed by atoms with E-state index < -0.39 is 0 Å². The van der Waals surface area contributed by atoms with E-state index in [1.807, 2.05) is 12.1 Å². The molecular weight excluding hydrogens is 252 g/mol. The van der Waals surface area contributed by atoms with E-state index in [0.717, 1.165) is 46.6 Å². The second-order valence-corrected chi connectivity index (χ2v) is 4.98. The minimum atomic E-state index is 0.602. The van der Waals surface area contributed by atoms with Crippen molar-refractivity contribution in [1.82, 2.24) is 4.90 Å². The maximum atomic E-state index is 8.71. The van der Waals surface area contributed by atoms with Crippen LogP contribution in [0.5, 0.6) is 0 Å². The highest BCUT2D eigenvalue weighted by Crippen LogP contribution is 2.35. The zero-order valence-corrected chi connectivity index (χ0v) is 10.7. The summed E-state index contributed by atoms with van der Waals surface area (Å²) >= 11 is 6.27. The summed E-state index contributed by atoms with van der Waals surface area (Å²) in [6, 6.07) is 3.72. The zero-order valence-electron chi connectivity index (χ0n) is 9.98. The van der Waals surface area contributed by atoms with Gasteiger partial charge in [0, 0.05) is 29.1 Å². The summed E-state index contributed by atoms with van der Waals surface area (Å²) in [5, 5.41) is 13.6. The molecule has 1 aromatic carbocycles. The molecule has 1 aliphatic rings. The Hall–Kier alpha value is -1.52. The van der Waals surface area contributed by atoms with Crippen LogP contribution in [-0.2, 0) is 13.0 Å².